The van der Waals surface area contributed by atoms with Gasteiger partial charge in [-0.15, -0.1) is 13.2 Å². The van der Waals surface area contributed by atoms with E-state index >= 15 is 0 Å². The summed E-state index contributed by atoms with van der Waals surface area (Å²) in [6.45, 7) is 23.3. The van der Waals surface area contributed by atoms with Crippen molar-refractivity contribution in [3.63, 3.8) is 0 Å². The smallest absolute Gasteiger partial charge is 0.282 e. The lowest BCUT2D eigenvalue weighted by Gasteiger charge is -2.19. The van der Waals surface area contributed by atoms with Gasteiger partial charge in [0.25, 0.3) is 11.6 Å². The first-order valence-corrected chi connectivity index (χ1v) is 10.5. The number of hydrogen-bond acceptors (Lipinski definition) is 5. The number of nitrogens with zero attached hydrogens (tertiary/aromatic N) is 3. The predicted octanol–water partition coefficient (Wildman–Crippen LogP) is 6.79. The van der Waals surface area contributed by atoms with Gasteiger partial charge in [-0.1, -0.05) is 53.2 Å². The summed E-state index contributed by atoms with van der Waals surface area (Å²) < 4.78 is 0. The van der Waals surface area contributed by atoms with Crippen molar-refractivity contribution in [1.29, 1.82) is 0 Å². The van der Waals surface area contributed by atoms with Crippen LogP contribution in [-0.2, 0) is 0 Å². The number of amides is 1. The van der Waals surface area contributed by atoms with Crippen LogP contribution in [0.2, 0.25) is 0 Å². The molecule has 0 radical (unpaired) electrons. The summed E-state index contributed by atoms with van der Waals surface area (Å²) in [6.07, 6.45) is 6.40. The average Bonchev–Trinajstić information content (AvgIpc) is 2.80. The second-order valence-corrected chi connectivity index (χ2v) is 6.47. The van der Waals surface area contributed by atoms with Crippen molar-refractivity contribution in [3.05, 3.63) is 76.1 Å². The molecule has 32 heavy (non-hydrogen) atoms. The third-order valence-corrected chi connectivity index (χ3v) is 4.04. The second kappa shape index (κ2) is 19.6. The van der Waals surface area contributed by atoms with E-state index in [0.29, 0.717) is 17.5 Å². The molecule has 7 heteroatoms. The molecular weight excluding hydrogens is 406 g/mol. The van der Waals surface area contributed by atoms with Crippen LogP contribution in [0.25, 0.3) is 0 Å². The van der Waals surface area contributed by atoms with Gasteiger partial charge in [0.1, 0.15) is 5.56 Å². The Morgan fingerprint density at radius 1 is 1.28 bits per heavy atom. The van der Waals surface area contributed by atoms with Crippen LogP contribution in [0.1, 0.15) is 74.2 Å². The number of carbonyl (C=O) groups excluding carboxylic acids is 2. The average molecular weight is 446 g/mol. The highest BCUT2D eigenvalue weighted by Crippen LogP contribution is 2.26. The number of likely N-dealkylation sites (N-methyl/N-ethyl adjacent to an activating group) is 1. The number of allylic oxidation sites excluding steroid dienone is 2. The van der Waals surface area contributed by atoms with Gasteiger partial charge in [0.2, 0.25) is 0 Å². The van der Waals surface area contributed by atoms with Crippen LogP contribution in [0.5, 0.6) is 0 Å². The molecule has 1 aromatic carbocycles. The lowest BCUT2D eigenvalue weighted by molar-refractivity contribution is -0.385. The van der Waals surface area contributed by atoms with E-state index in [4.69, 9.17) is 0 Å². The van der Waals surface area contributed by atoms with Crippen LogP contribution in [0.15, 0.2) is 54.3 Å². The van der Waals surface area contributed by atoms with E-state index in [-0.39, 0.29) is 11.1 Å². The Hall–Kier alpha value is -3.35. The Morgan fingerprint density at radius 3 is 2.12 bits per heavy atom. The molecule has 1 amide bonds. The van der Waals surface area contributed by atoms with Crippen molar-refractivity contribution in [2.45, 2.75) is 54.9 Å². The number of carbonyl (C=O) groups is 2. The molecule has 0 spiro atoms. The van der Waals surface area contributed by atoms with Crippen molar-refractivity contribution in [1.82, 2.24) is 4.90 Å². The van der Waals surface area contributed by atoms with E-state index < -0.39 is 16.5 Å². The summed E-state index contributed by atoms with van der Waals surface area (Å²) in [5.41, 5.74) is 0.219. The molecule has 7 nitrogen and oxygen atoms in total. The van der Waals surface area contributed by atoms with Gasteiger partial charge in [-0.25, -0.2) is 0 Å². The monoisotopic (exact) mass is 445 g/mol. The maximum atomic E-state index is 12.7. The topological polar surface area (TPSA) is 92.9 Å². The summed E-state index contributed by atoms with van der Waals surface area (Å²) in [5.74, 6) is 0.213. The zero-order valence-corrected chi connectivity index (χ0v) is 20.8. The van der Waals surface area contributed by atoms with Crippen molar-refractivity contribution >= 4 is 24.6 Å². The van der Waals surface area contributed by atoms with Gasteiger partial charge in [0.15, 0.2) is 6.29 Å². The molecule has 0 unspecified atom stereocenters. The van der Waals surface area contributed by atoms with Gasteiger partial charge in [0, 0.05) is 24.9 Å². The molecule has 0 saturated heterocycles. The largest absolute Gasteiger partial charge is 0.310 e. The van der Waals surface area contributed by atoms with Gasteiger partial charge in [-0.05, 0) is 38.1 Å². The Balaban J connectivity index is -0.000000803. The maximum Gasteiger partial charge on any atom is 0.282 e. The van der Waals surface area contributed by atoms with Crippen LogP contribution in [0.3, 0.4) is 0 Å². The second-order valence-electron chi connectivity index (χ2n) is 6.47. The van der Waals surface area contributed by atoms with Crippen molar-refractivity contribution in [2.24, 2.45) is 10.9 Å². The quantitative estimate of drug-likeness (QED) is 0.115. The molecule has 0 fully saturated rings. The van der Waals surface area contributed by atoms with Crippen LogP contribution >= 0.6 is 0 Å². The van der Waals surface area contributed by atoms with Crippen molar-refractivity contribution in [3.8, 4) is 0 Å². The molecule has 0 N–H and O–H groups in total. The molecule has 0 aliphatic heterocycles. The molecule has 1 aromatic rings. The number of benzene rings is 1. The van der Waals surface area contributed by atoms with Crippen molar-refractivity contribution < 1.29 is 14.5 Å². The molecule has 0 aliphatic rings. The maximum absolute atomic E-state index is 12.7. The number of nitro groups is 1. The van der Waals surface area contributed by atoms with Gasteiger partial charge in [-0.3, -0.25) is 24.7 Å². The number of hydrogen-bond donors (Lipinski definition) is 0. The SMILES string of the molecule is C=C.C=N/C=C(\C=C/C)N(C)C(=O)c1c([N+](=O)[O-])ccc(C)c1C=O.CC.CCC(C)C. The molecule has 0 bridgehead atoms. The molecule has 0 aromatic heterocycles. The first-order valence-electron chi connectivity index (χ1n) is 10.5. The first-order chi connectivity index (χ1) is 15.2. The van der Waals surface area contributed by atoms with Crippen LogP contribution in [-0.4, -0.2) is 35.8 Å². The molecule has 1 rings (SSSR count). The fourth-order valence-electron chi connectivity index (χ4n) is 2.03. The molecule has 0 saturated carbocycles. The number of rotatable bonds is 7. The van der Waals surface area contributed by atoms with E-state index in [0.717, 1.165) is 5.92 Å². The van der Waals surface area contributed by atoms with Crippen LogP contribution in [0, 0.1) is 23.0 Å². The third kappa shape index (κ3) is 11.2. The Labute approximate surface area is 193 Å². The van der Waals surface area contributed by atoms with Gasteiger partial charge in [-0.2, -0.15) is 0 Å². The van der Waals surface area contributed by atoms with E-state index in [9.17, 15) is 19.7 Å². The third-order valence-electron chi connectivity index (χ3n) is 4.04. The minimum atomic E-state index is -0.682. The van der Waals surface area contributed by atoms with E-state index in [2.05, 4.69) is 45.6 Å². The minimum Gasteiger partial charge on any atom is -0.310 e. The van der Waals surface area contributed by atoms with Gasteiger partial charge >= 0.3 is 0 Å². The fraction of sp³-hybridized carbons (Fsp3) is 0.400. The predicted molar refractivity (Wildman–Crippen MR) is 135 cm³/mol. The number of aryl methyl sites for hydroxylation is 1. The highest BCUT2D eigenvalue weighted by Gasteiger charge is 2.28. The molecule has 0 atom stereocenters. The molecular formula is C25H39N3O4. The van der Waals surface area contributed by atoms with E-state index in [1.807, 2.05) is 13.8 Å². The Bertz CT molecular complexity index is 797. The highest BCUT2D eigenvalue weighted by molar-refractivity contribution is 6.06. The molecule has 0 heterocycles. The lowest BCUT2D eigenvalue weighted by Crippen LogP contribution is -2.27. The summed E-state index contributed by atoms with van der Waals surface area (Å²) in [4.78, 5) is 39.4. The number of aldehydes is 1. The lowest BCUT2D eigenvalue weighted by atomic mass is 9.99. The summed E-state index contributed by atoms with van der Waals surface area (Å²) in [5, 5.41) is 11.2. The van der Waals surface area contributed by atoms with E-state index in [1.54, 1.807) is 26.0 Å². The molecule has 0 aliphatic carbocycles. The summed E-state index contributed by atoms with van der Waals surface area (Å²) in [7, 11) is 1.44. The fourth-order valence-corrected chi connectivity index (χ4v) is 2.03. The Morgan fingerprint density at radius 2 is 1.78 bits per heavy atom. The van der Waals surface area contributed by atoms with E-state index in [1.165, 1.54) is 36.7 Å². The number of nitro benzene ring substituents is 1. The zero-order chi connectivity index (χ0) is 25.9. The minimum absolute atomic E-state index is 0.00226. The summed E-state index contributed by atoms with van der Waals surface area (Å²) in [6, 6.07) is 2.65. The highest BCUT2D eigenvalue weighted by atomic mass is 16.6. The normalized spacial score (nSPS) is 9.97. The van der Waals surface area contributed by atoms with Gasteiger partial charge < -0.3 is 4.90 Å². The molecule has 178 valence electrons. The number of aliphatic imine (C=N–C) groups is 1. The zero-order valence-electron chi connectivity index (χ0n) is 20.8. The van der Waals surface area contributed by atoms with Crippen LogP contribution in [0.4, 0.5) is 5.69 Å². The van der Waals surface area contributed by atoms with Gasteiger partial charge in [0.05, 0.1) is 10.6 Å². The Kier molecular flexibility index (Phi) is 20.4. The standard InChI is InChI=1S/C16H17N3O4.C5H12.C2H6.C2H4/c1-5-6-12(9-17-3)18(4)16(21)15-13(10-20)11(2)7-8-14(15)19(22)23;1-4-5(2)3;2*1-2/h5-10H,3H2,1-2,4H3;5H,4H2,1-3H3;1-2H3;1-2H2/b6-5-,12-9+;;;. The van der Waals surface area contributed by atoms with Crippen molar-refractivity contribution in [2.75, 3.05) is 7.05 Å². The first kappa shape index (κ1) is 33.3. The van der Waals surface area contributed by atoms with Crippen LogP contribution < -0.4 is 0 Å². The summed E-state index contributed by atoms with van der Waals surface area (Å²) >= 11 is 0.